The van der Waals surface area contributed by atoms with E-state index in [1.165, 1.54) is 6.07 Å². The summed E-state index contributed by atoms with van der Waals surface area (Å²) in [6, 6.07) is 16.9. The molecule has 3 fully saturated rings. The molecule has 62 heavy (non-hydrogen) atoms. The number of aryl methyl sites for hydroxylation is 1. The molecule has 15 nitrogen and oxygen atoms in total. The minimum atomic E-state index is -1.00. The van der Waals surface area contributed by atoms with Crippen molar-refractivity contribution in [2.24, 2.45) is 5.92 Å². The summed E-state index contributed by atoms with van der Waals surface area (Å²) in [5, 5.41) is 20.4. The number of allylic oxidation sites excluding steroid dienone is 1. The zero-order chi connectivity index (χ0) is 43.1. The largest absolute Gasteiger partial charge is 0.384 e. The van der Waals surface area contributed by atoms with Crippen molar-refractivity contribution in [2.75, 3.05) is 59.7 Å². The second-order valence-corrected chi connectivity index (χ2v) is 17.2. The molecular weight excluding hydrogens is 790 g/mol. The molecule has 4 N–H and O–H groups in total. The van der Waals surface area contributed by atoms with Crippen LogP contribution in [-0.2, 0) is 28.2 Å². The quantitative estimate of drug-likeness (QED) is 0.0956. The predicted octanol–water partition coefficient (Wildman–Crippen LogP) is 5.23. The van der Waals surface area contributed by atoms with Crippen molar-refractivity contribution < 1.29 is 19.1 Å². The molecule has 0 saturated carbocycles. The number of hydrogen-bond donors (Lipinski definition) is 4. The zero-order valence-corrected chi connectivity index (χ0v) is 35.3. The molecule has 0 spiro atoms. The monoisotopic (exact) mass is 843 g/mol. The van der Waals surface area contributed by atoms with Gasteiger partial charge in [0.2, 0.25) is 17.8 Å². The molecule has 324 valence electrons. The van der Waals surface area contributed by atoms with E-state index < -0.39 is 11.6 Å². The third kappa shape index (κ3) is 8.04. The van der Waals surface area contributed by atoms with Crippen LogP contribution in [0.25, 0.3) is 16.9 Å². The van der Waals surface area contributed by atoms with E-state index in [1.54, 1.807) is 33.8 Å². The van der Waals surface area contributed by atoms with Crippen molar-refractivity contribution in [3.05, 3.63) is 101 Å². The summed E-state index contributed by atoms with van der Waals surface area (Å²) in [7, 11) is 0. The van der Waals surface area contributed by atoms with Gasteiger partial charge in [-0.15, -0.1) is 6.58 Å². The summed E-state index contributed by atoms with van der Waals surface area (Å²) in [6.07, 6.45) is 7.75. The van der Waals surface area contributed by atoms with Crippen molar-refractivity contribution in [1.29, 1.82) is 0 Å². The number of aromatic nitrogens is 5. The molecule has 9 rings (SSSR count). The summed E-state index contributed by atoms with van der Waals surface area (Å²) in [4.78, 5) is 58.5. The average molecular weight is 844 g/mol. The van der Waals surface area contributed by atoms with Crippen LogP contribution in [0.1, 0.15) is 63.6 Å². The second-order valence-electron chi connectivity index (χ2n) is 17.2. The number of halogens is 1. The molecule has 3 atom stereocenters. The summed E-state index contributed by atoms with van der Waals surface area (Å²) in [5.74, 6) is 0.403. The molecule has 3 aliphatic heterocycles. The third-order valence-corrected chi connectivity index (χ3v) is 13.2. The number of imide groups is 1. The Morgan fingerprint density at radius 2 is 1.76 bits per heavy atom. The highest BCUT2D eigenvalue weighted by Gasteiger charge is 2.37. The number of amides is 2. The van der Waals surface area contributed by atoms with Crippen molar-refractivity contribution in [3.63, 3.8) is 0 Å². The Morgan fingerprint density at radius 3 is 2.48 bits per heavy atom. The predicted molar refractivity (Wildman–Crippen MR) is 238 cm³/mol. The molecule has 2 aromatic carbocycles. The third-order valence-electron chi connectivity index (χ3n) is 13.2. The number of piperazine rings is 1. The normalized spacial score (nSPS) is 22.2. The number of carbonyl (C=O) groups is 2. The van der Waals surface area contributed by atoms with Crippen LogP contribution in [0.4, 0.5) is 33.1 Å². The molecule has 0 radical (unpaired) electrons. The van der Waals surface area contributed by atoms with Gasteiger partial charge < -0.3 is 25.5 Å². The topological polar surface area (TPSA) is 166 Å². The van der Waals surface area contributed by atoms with Gasteiger partial charge in [0.1, 0.15) is 22.8 Å². The summed E-state index contributed by atoms with van der Waals surface area (Å²) < 4.78 is 18.5. The van der Waals surface area contributed by atoms with Crippen LogP contribution in [0.2, 0.25) is 0 Å². The van der Waals surface area contributed by atoms with Gasteiger partial charge in [-0.2, -0.15) is 4.98 Å². The fourth-order valence-corrected chi connectivity index (χ4v) is 9.57. The number of piperidine rings is 2. The Bertz CT molecular complexity index is 2570. The maximum atomic E-state index is 15.3. The molecule has 0 bridgehead atoms. The van der Waals surface area contributed by atoms with E-state index in [2.05, 4.69) is 61.3 Å². The van der Waals surface area contributed by atoms with Gasteiger partial charge in [-0.05, 0) is 105 Å². The minimum absolute atomic E-state index is 0.248. The van der Waals surface area contributed by atoms with Crippen molar-refractivity contribution in [3.8, 4) is 5.82 Å². The number of benzene rings is 2. The fraction of sp³-hybridized carbons (Fsp3) is 0.435. The van der Waals surface area contributed by atoms with E-state index >= 15 is 4.39 Å². The highest BCUT2D eigenvalue weighted by atomic mass is 19.1. The van der Waals surface area contributed by atoms with Crippen LogP contribution in [0.3, 0.4) is 0 Å². The highest BCUT2D eigenvalue weighted by molar-refractivity contribution is 6.01. The molecule has 1 unspecified atom stereocenters. The van der Waals surface area contributed by atoms with Crippen molar-refractivity contribution >= 4 is 51.5 Å². The van der Waals surface area contributed by atoms with Crippen LogP contribution in [0, 0.1) is 11.7 Å². The molecular formula is C46H54FN11O4. The number of pyridine rings is 1. The number of nitrogens with zero attached hydrogens (tertiary/aromatic N) is 8. The lowest BCUT2D eigenvalue weighted by atomic mass is 9.94. The number of rotatable bonds is 12. The molecule has 16 heteroatoms. The first-order valence-corrected chi connectivity index (χ1v) is 21.8. The standard InChI is InChI=1S/C46H54FN11O4/c1-4-20-57-44(61)35-26-48-45(53-42(35)58(57)39-14-6-31-16-19-46(62,5-2)41(31)51-39)50-32-7-10-34(11-8-32)56-24-23-55(29(3)27-56)28-30-17-21-54(22-18-30)38-13-9-33(25-36(38)47)49-37-12-15-40(59)52-43(37)60/h4,6-11,13-14,25-26,29-30,37,49,62H,1,5,12,15-24,27-28H2,2-3H3,(H,48,50,53)(H,52,59,60)/t29-,37?,46+/m0/s1. The molecule has 3 saturated heterocycles. The lowest BCUT2D eigenvalue weighted by molar-refractivity contribution is -0.133. The lowest BCUT2D eigenvalue weighted by Crippen LogP contribution is -2.53. The van der Waals surface area contributed by atoms with Crippen molar-refractivity contribution in [1.82, 2.24) is 34.5 Å². The summed E-state index contributed by atoms with van der Waals surface area (Å²) in [6.45, 7) is 13.7. The number of nitrogens with one attached hydrogen (secondary N) is 3. The summed E-state index contributed by atoms with van der Waals surface area (Å²) in [5.41, 5.74) is 3.89. The maximum Gasteiger partial charge on any atom is 0.278 e. The fourth-order valence-electron chi connectivity index (χ4n) is 9.57. The van der Waals surface area contributed by atoms with Crippen LogP contribution < -0.4 is 31.3 Å². The SMILES string of the molecule is C=CCn1c(=O)c2cnc(Nc3ccc(N4CCN(CC5CCN(c6ccc(NC7CCC(=O)NC7=O)cc6F)CC5)[C@@H](C)C4)cc3)nc2n1-c1ccc2c(n1)[C@@](O)(CC)CC2. The lowest BCUT2D eigenvalue weighted by Gasteiger charge is -2.43. The number of anilines is 5. The molecule has 1 aliphatic carbocycles. The number of hydrogen-bond acceptors (Lipinski definition) is 12. The van der Waals surface area contributed by atoms with E-state index in [9.17, 15) is 19.5 Å². The minimum Gasteiger partial charge on any atom is -0.384 e. The van der Waals surface area contributed by atoms with Crippen LogP contribution >= 0.6 is 0 Å². The Morgan fingerprint density at radius 1 is 0.968 bits per heavy atom. The van der Waals surface area contributed by atoms with Gasteiger partial charge >= 0.3 is 0 Å². The first kappa shape index (κ1) is 41.2. The van der Waals surface area contributed by atoms with Gasteiger partial charge in [0.25, 0.3) is 5.56 Å². The van der Waals surface area contributed by atoms with Crippen molar-refractivity contribution in [2.45, 2.75) is 83.0 Å². The Labute approximate surface area is 359 Å². The number of fused-ring (bicyclic) bond motifs is 2. The van der Waals surface area contributed by atoms with E-state index in [-0.39, 0.29) is 36.2 Å². The zero-order valence-electron chi connectivity index (χ0n) is 35.3. The Balaban J connectivity index is 0.799. The first-order chi connectivity index (χ1) is 30.0. The van der Waals surface area contributed by atoms with Crippen LogP contribution in [-0.4, -0.2) is 97.5 Å². The highest BCUT2D eigenvalue weighted by Crippen LogP contribution is 2.39. The van der Waals surface area contributed by atoms with Gasteiger partial charge in [0.05, 0.1) is 17.9 Å². The number of carbonyl (C=O) groups excluding carboxylic acids is 2. The molecule has 6 heterocycles. The van der Waals surface area contributed by atoms with Gasteiger partial charge in [0.15, 0.2) is 11.5 Å². The van der Waals surface area contributed by atoms with Gasteiger partial charge in [-0.1, -0.05) is 19.1 Å². The first-order valence-electron chi connectivity index (χ1n) is 21.8. The van der Waals surface area contributed by atoms with Gasteiger partial charge in [-0.3, -0.25) is 24.6 Å². The second kappa shape index (κ2) is 17.0. The Kier molecular flexibility index (Phi) is 11.3. The van der Waals surface area contributed by atoms with E-state index in [0.717, 1.165) is 75.5 Å². The van der Waals surface area contributed by atoms with Gasteiger partial charge in [-0.25, -0.2) is 23.7 Å². The molecule has 4 aliphatic rings. The van der Waals surface area contributed by atoms with E-state index in [1.807, 2.05) is 31.2 Å². The molecule has 5 aromatic rings. The average Bonchev–Trinajstić information content (AvgIpc) is 3.75. The van der Waals surface area contributed by atoms with E-state index in [0.29, 0.717) is 71.1 Å². The molecule has 2 amide bonds. The maximum absolute atomic E-state index is 15.3. The van der Waals surface area contributed by atoms with Crippen LogP contribution in [0.5, 0.6) is 0 Å². The molecule has 3 aromatic heterocycles. The smallest absolute Gasteiger partial charge is 0.278 e. The summed E-state index contributed by atoms with van der Waals surface area (Å²) >= 11 is 0. The van der Waals surface area contributed by atoms with Gasteiger partial charge in [0, 0.05) is 75.0 Å². The Hall–Kier alpha value is -6.13. The van der Waals surface area contributed by atoms with E-state index in [4.69, 9.17) is 9.97 Å². The number of aliphatic hydroxyl groups is 1. The van der Waals surface area contributed by atoms with Crippen LogP contribution in [0.15, 0.2) is 78.2 Å².